The zero-order valence-electron chi connectivity index (χ0n) is 15.4. The van der Waals surface area contributed by atoms with E-state index in [4.69, 9.17) is 9.47 Å². The van der Waals surface area contributed by atoms with Crippen molar-refractivity contribution < 1.29 is 47.7 Å². The first-order valence-corrected chi connectivity index (χ1v) is 8.06. The number of carbonyl (C=O) groups is 6. The van der Waals surface area contributed by atoms with Crippen LogP contribution in [-0.2, 0) is 47.7 Å². The molecule has 0 aliphatic heterocycles. The number of hydrogen-bond acceptors (Lipinski definition) is 10. The maximum atomic E-state index is 13.1. The number of hydrogen-bond donors (Lipinski definition) is 0. The molecule has 0 N–H and O–H groups in total. The van der Waals surface area contributed by atoms with Gasteiger partial charge >= 0.3 is 23.9 Å². The van der Waals surface area contributed by atoms with E-state index in [1.807, 2.05) is 0 Å². The van der Waals surface area contributed by atoms with Crippen molar-refractivity contribution in [2.75, 3.05) is 28.4 Å². The Hall–Kier alpha value is -2.78. The highest BCUT2D eigenvalue weighted by atomic mass is 16.5. The first-order valence-electron chi connectivity index (χ1n) is 8.06. The van der Waals surface area contributed by atoms with Crippen LogP contribution in [0.3, 0.4) is 0 Å². The molecule has 0 aromatic heterocycles. The van der Waals surface area contributed by atoms with Crippen molar-refractivity contribution in [2.45, 2.75) is 19.3 Å². The molecule has 0 heterocycles. The summed E-state index contributed by atoms with van der Waals surface area (Å²) >= 11 is 0. The molecular formula is C17H20O10. The molecule has 0 saturated heterocycles. The Balaban J connectivity index is 2.75. The third kappa shape index (κ3) is 2.79. The summed E-state index contributed by atoms with van der Waals surface area (Å²) in [5.74, 6) is -8.90. The van der Waals surface area contributed by atoms with E-state index in [0.717, 1.165) is 28.4 Å². The minimum absolute atomic E-state index is 0.544. The van der Waals surface area contributed by atoms with Crippen LogP contribution < -0.4 is 0 Å². The first-order chi connectivity index (χ1) is 12.6. The fourth-order valence-electron chi connectivity index (χ4n) is 4.15. The lowest BCUT2D eigenvalue weighted by atomic mass is 9.48. The van der Waals surface area contributed by atoms with Gasteiger partial charge in [0.05, 0.1) is 28.4 Å². The van der Waals surface area contributed by atoms with Gasteiger partial charge in [0, 0.05) is 0 Å². The number of rotatable bonds is 4. The van der Waals surface area contributed by atoms with Crippen LogP contribution in [0.15, 0.2) is 0 Å². The van der Waals surface area contributed by atoms with E-state index in [-0.39, 0.29) is 0 Å². The smallest absolute Gasteiger partial charge is 0.319 e. The monoisotopic (exact) mass is 384 g/mol. The molecule has 2 saturated carbocycles. The van der Waals surface area contributed by atoms with Gasteiger partial charge in [-0.25, -0.2) is 0 Å². The molecule has 10 nitrogen and oxygen atoms in total. The summed E-state index contributed by atoms with van der Waals surface area (Å²) in [6, 6.07) is 0. The van der Waals surface area contributed by atoms with Gasteiger partial charge in [-0.05, 0) is 19.3 Å². The van der Waals surface area contributed by atoms with Crippen molar-refractivity contribution in [2.24, 2.45) is 22.7 Å². The molecular weight excluding hydrogens is 364 g/mol. The number of methoxy groups -OCH3 is 4. The Morgan fingerprint density at radius 1 is 0.704 bits per heavy atom. The third-order valence-corrected chi connectivity index (χ3v) is 5.41. The average Bonchev–Trinajstić information content (AvgIpc) is 2.69. The largest absolute Gasteiger partial charge is 0.468 e. The van der Waals surface area contributed by atoms with Gasteiger partial charge in [-0.3, -0.25) is 28.8 Å². The number of fused-ring (bicyclic) bond motifs is 2. The minimum Gasteiger partial charge on any atom is -0.468 e. The maximum Gasteiger partial charge on any atom is 0.319 e. The minimum atomic E-state index is -2.05. The topological polar surface area (TPSA) is 139 Å². The first kappa shape index (κ1) is 20.5. The van der Waals surface area contributed by atoms with Crippen LogP contribution in [0.1, 0.15) is 19.3 Å². The van der Waals surface area contributed by atoms with E-state index in [2.05, 4.69) is 9.47 Å². The van der Waals surface area contributed by atoms with Crippen LogP contribution >= 0.6 is 0 Å². The van der Waals surface area contributed by atoms with Gasteiger partial charge in [0.15, 0.2) is 11.6 Å². The lowest BCUT2D eigenvalue weighted by Gasteiger charge is -2.50. The normalized spacial score (nSPS) is 32.3. The summed E-state index contributed by atoms with van der Waals surface area (Å²) in [5, 5.41) is 0. The van der Waals surface area contributed by atoms with Crippen LogP contribution in [-0.4, -0.2) is 63.9 Å². The molecule has 148 valence electrons. The van der Waals surface area contributed by atoms with E-state index in [0.29, 0.717) is 0 Å². The molecule has 0 radical (unpaired) electrons. The van der Waals surface area contributed by atoms with Gasteiger partial charge in [0.2, 0.25) is 0 Å². The predicted octanol–water partition coefficient (Wildman–Crippen LogP) is -0.781. The van der Waals surface area contributed by atoms with Gasteiger partial charge in [-0.1, -0.05) is 0 Å². The van der Waals surface area contributed by atoms with Gasteiger partial charge in [0.1, 0.15) is 22.7 Å². The molecule has 2 aliphatic rings. The van der Waals surface area contributed by atoms with E-state index < -0.39 is 77.4 Å². The summed E-state index contributed by atoms with van der Waals surface area (Å²) in [6.45, 7) is 0. The molecule has 0 amide bonds. The van der Waals surface area contributed by atoms with Crippen LogP contribution in [0.5, 0.6) is 0 Å². The fraction of sp³-hybridized carbons (Fsp3) is 0.647. The summed E-state index contributed by atoms with van der Waals surface area (Å²) in [5.41, 5.74) is -4.10. The lowest BCUT2D eigenvalue weighted by molar-refractivity contribution is -0.188. The Morgan fingerprint density at radius 2 is 1.04 bits per heavy atom. The molecule has 0 unspecified atom stereocenters. The zero-order valence-corrected chi connectivity index (χ0v) is 15.4. The fourth-order valence-corrected chi connectivity index (χ4v) is 4.15. The number of carbonyl (C=O) groups excluding carboxylic acids is 6. The van der Waals surface area contributed by atoms with Crippen LogP contribution in [0, 0.1) is 22.7 Å². The standard InChI is InChI=1S/C17H20O10/c1-24-12(20)8-5-16(14(22)26-3)7-17(10(8)18,15(23)27-4)6-9(11(16)19)13(21)25-2/h8-9H,5-7H2,1-4H3/t8-,9-,16-,17+/m0/s1. The lowest BCUT2D eigenvalue weighted by Crippen LogP contribution is -2.65. The number of esters is 4. The van der Waals surface area contributed by atoms with Crippen molar-refractivity contribution in [3.05, 3.63) is 0 Å². The average molecular weight is 384 g/mol. The second kappa shape index (κ2) is 7.09. The molecule has 4 atom stereocenters. The van der Waals surface area contributed by atoms with Gasteiger partial charge in [0.25, 0.3) is 0 Å². The van der Waals surface area contributed by atoms with Gasteiger partial charge in [-0.2, -0.15) is 0 Å². The molecule has 0 spiro atoms. The molecule has 2 aliphatic carbocycles. The highest BCUT2D eigenvalue weighted by Crippen LogP contribution is 2.57. The second-order valence-corrected chi connectivity index (χ2v) is 6.61. The summed E-state index contributed by atoms with van der Waals surface area (Å²) in [7, 11) is 4.12. The Kier molecular flexibility index (Phi) is 5.39. The number of ketones is 2. The molecule has 0 aromatic carbocycles. The van der Waals surface area contributed by atoms with E-state index in [1.54, 1.807) is 0 Å². The molecule has 10 heteroatoms. The van der Waals surface area contributed by atoms with Crippen LogP contribution in [0.25, 0.3) is 0 Å². The number of Topliss-reactive ketones (excluding diaryl/α,β-unsaturated/α-hetero) is 2. The molecule has 27 heavy (non-hydrogen) atoms. The second-order valence-electron chi connectivity index (χ2n) is 6.61. The zero-order chi connectivity index (χ0) is 20.6. The van der Waals surface area contributed by atoms with Crippen molar-refractivity contribution >= 4 is 35.4 Å². The van der Waals surface area contributed by atoms with E-state index in [1.165, 1.54) is 0 Å². The number of ether oxygens (including phenoxy) is 4. The SMILES string of the molecule is COC(=O)[C@H]1C[C@]2(C(=O)OC)C[C@](C(=O)OC)(C[C@H](C(=O)OC)C2=O)C1=O. The third-order valence-electron chi connectivity index (χ3n) is 5.41. The van der Waals surface area contributed by atoms with Crippen LogP contribution in [0.4, 0.5) is 0 Å². The van der Waals surface area contributed by atoms with Crippen molar-refractivity contribution in [3.8, 4) is 0 Å². The summed E-state index contributed by atoms with van der Waals surface area (Å²) in [4.78, 5) is 75.5. The molecule has 0 aromatic rings. The molecule has 2 rings (SSSR count). The highest BCUT2D eigenvalue weighted by Gasteiger charge is 2.71. The molecule has 2 fully saturated rings. The Bertz CT molecular complexity index is 665. The van der Waals surface area contributed by atoms with E-state index >= 15 is 0 Å². The van der Waals surface area contributed by atoms with Crippen molar-refractivity contribution in [1.82, 2.24) is 0 Å². The van der Waals surface area contributed by atoms with Crippen molar-refractivity contribution in [3.63, 3.8) is 0 Å². The highest BCUT2D eigenvalue weighted by molar-refractivity contribution is 6.21. The van der Waals surface area contributed by atoms with Gasteiger partial charge < -0.3 is 18.9 Å². The van der Waals surface area contributed by atoms with E-state index in [9.17, 15) is 28.8 Å². The maximum absolute atomic E-state index is 13.1. The quantitative estimate of drug-likeness (QED) is 0.344. The Labute approximate surface area is 154 Å². The predicted molar refractivity (Wildman–Crippen MR) is 83.8 cm³/mol. The van der Waals surface area contributed by atoms with Crippen molar-refractivity contribution in [1.29, 1.82) is 0 Å². The Morgan fingerprint density at radius 3 is 1.30 bits per heavy atom. The summed E-state index contributed by atoms with van der Waals surface area (Å²) < 4.78 is 18.7. The van der Waals surface area contributed by atoms with Crippen LogP contribution in [0.2, 0.25) is 0 Å². The molecule has 2 bridgehead atoms. The summed E-state index contributed by atoms with van der Waals surface area (Å²) in [6.07, 6.45) is -1.66. The van der Waals surface area contributed by atoms with Gasteiger partial charge in [-0.15, -0.1) is 0 Å².